The van der Waals surface area contributed by atoms with Gasteiger partial charge in [-0.15, -0.1) is 10.2 Å². The minimum atomic E-state index is -0.327. The Morgan fingerprint density at radius 2 is 1.94 bits per heavy atom. The third-order valence-electron chi connectivity index (χ3n) is 4.98. The minimum absolute atomic E-state index is 0.0931. The fourth-order valence-electron chi connectivity index (χ4n) is 3.27. The van der Waals surface area contributed by atoms with Crippen LogP contribution in [0.25, 0.3) is 0 Å². The van der Waals surface area contributed by atoms with E-state index < -0.39 is 0 Å². The van der Waals surface area contributed by atoms with Crippen LogP contribution in [0, 0.1) is 19.7 Å². The molecule has 2 aromatic carbocycles. The summed E-state index contributed by atoms with van der Waals surface area (Å²) in [5.74, 6) is -0.193. The molecular weight excluding hydrogens is 459 g/mol. The number of carbonyl (C=O) groups excluding carboxylic acids is 1. The number of nitrogens with one attached hydrogen (secondary N) is 2. The molecule has 0 bridgehead atoms. The number of thioether (sulfide) groups is 1. The quantitative estimate of drug-likeness (QED) is 0.337. The van der Waals surface area contributed by atoms with E-state index in [4.69, 9.17) is 0 Å². The van der Waals surface area contributed by atoms with Crippen molar-refractivity contribution in [1.29, 1.82) is 0 Å². The maximum atomic E-state index is 13.3. The molecule has 1 amide bonds. The van der Waals surface area contributed by atoms with Crippen LogP contribution in [-0.4, -0.2) is 31.6 Å². The van der Waals surface area contributed by atoms with E-state index in [9.17, 15) is 9.18 Å². The number of nitrogens with zero attached hydrogens (tertiary/aromatic N) is 4. The van der Waals surface area contributed by atoms with Crippen molar-refractivity contribution in [2.75, 3.05) is 11.1 Å². The van der Waals surface area contributed by atoms with Crippen LogP contribution < -0.4 is 10.6 Å². The second kappa shape index (κ2) is 10.6. The first-order chi connectivity index (χ1) is 16.0. The Morgan fingerprint density at radius 1 is 1.12 bits per heavy atom. The number of halogens is 1. The van der Waals surface area contributed by atoms with Gasteiger partial charge in [0.05, 0.1) is 18.0 Å². The number of aryl methyl sites for hydroxylation is 1. The maximum absolute atomic E-state index is 13.3. The molecule has 0 radical (unpaired) electrons. The lowest BCUT2D eigenvalue weighted by molar-refractivity contribution is -0.118. The monoisotopic (exact) mass is 482 g/mol. The Kier molecular flexibility index (Phi) is 7.36. The summed E-state index contributed by atoms with van der Waals surface area (Å²) in [5, 5.41) is 19.3. The summed E-state index contributed by atoms with van der Waals surface area (Å²) in [6.07, 6.45) is 0. The summed E-state index contributed by atoms with van der Waals surface area (Å²) in [6.45, 7) is 5.10. The summed E-state index contributed by atoms with van der Waals surface area (Å²) in [7, 11) is 0. The fourth-order valence-corrected chi connectivity index (χ4v) is 4.88. The number of amides is 1. The Hall–Kier alpha value is -3.24. The van der Waals surface area contributed by atoms with E-state index in [1.165, 1.54) is 40.8 Å². The van der Waals surface area contributed by atoms with Crippen molar-refractivity contribution in [3.05, 3.63) is 82.9 Å². The van der Waals surface area contributed by atoms with Gasteiger partial charge < -0.3 is 10.6 Å². The number of rotatable bonds is 9. The first-order valence-corrected chi connectivity index (χ1v) is 12.1. The van der Waals surface area contributed by atoms with E-state index >= 15 is 0 Å². The molecule has 0 aliphatic heterocycles. The Labute approximate surface area is 199 Å². The number of hydrogen-bond donors (Lipinski definition) is 2. The smallest absolute Gasteiger partial charge is 0.230 e. The molecule has 2 aromatic heterocycles. The standard InChI is InChI=1S/C23H23FN6OS2/c1-15-20(16(2)30(29-15)13-17-7-4-3-5-8-17)12-25-21(31)14-32-23-28-27-22(33-23)26-19-10-6-9-18(24)11-19/h3-11H,12-14H2,1-2H3,(H,25,31)(H,26,27). The van der Waals surface area contributed by atoms with Crippen LogP contribution in [0.5, 0.6) is 0 Å². The van der Waals surface area contributed by atoms with E-state index in [0.29, 0.717) is 28.2 Å². The highest BCUT2D eigenvalue weighted by Crippen LogP contribution is 2.27. The van der Waals surface area contributed by atoms with Crippen LogP contribution in [0.2, 0.25) is 0 Å². The number of anilines is 2. The Morgan fingerprint density at radius 3 is 2.73 bits per heavy atom. The molecule has 0 atom stereocenters. The highest BCUT2D eigenvalue weighted by molar-refractivity contribution is 8.01. The molecule has 2 N–H and O–H groups in total. The molecule has 10 heteroatoms. The van der Waals surface area contributed by atoms with Crippen molar-refractivity contribution in [1.82, 2.24) is 25.3 Å². The van der Waals surface area contributed by atoms with Gasteiger partial charge in [-0.3, -0.25) is 9.48 Å². The normalized spacial score (nSPS) is 10.9. The van der Waals surface area contributed by atoms with E-state index in [-0.39, 0.29) is 17.5 Å². The number of benzene rings is 2. The lowest BCUT2D eigenvalue weighted by atomic mass is 10.2. The molecular formula is C23H23FN6OS2. The molecule has 0 saturated carbocycles. The molecule has 0 spiro atoms. The van der Waals surface area contributed by atoms with Crippen molar-refractivity contribution >= 4 is 39.8 Å². The summed E-state index contributed by atoms with van der Waals surface area (Å²) < 4.78 is 15.9. The zero-order chi connectivity index (χ0) is 23.2. The van der Waals surface area contributed by atoms with Crippen molar-refractivity contribution in [2.24, 2.45) is 0 Å². The third kappa shape index (κ3) is 6.17. The molecule has 170 valence electrons. The van der Waals surface area contributed by atoms with E-state index in [2.05, 4.69) is 38.1 Å². The van der Waals surface area contributed by atoms with Crippen molar-refractivity contribution < 1.29 is 9.18 Å². The lowest BCUT2D eigenvalue weighted by Gasteiger charge is -2.07. The van der Waals surface area contributed by atoms with Gasteiger partial charge >= 0.3 is 0 Å². The van der Waals surface area contributed by atoms with Crippen LogP contribution in [0.3, 0.4) is 0 Å². The molecule has 7 nitrogen and oxygen atoms in total. The van der Waals surface area contributed by atoms with Gasteiger partial charge in [0.1, 0.15) is 5.82 Å². The largest absolute Gasteiger partial charge is 0.351 e. The average Bonchev–Trinajstić information content (AvgIpc) is 3.35. The first kappa shape index (κ1) is 22.9. The second-order valence-electron chi connectivity index (χ2n) is 7.37. The zero-order valence-electron chi connectivity index (χ0n) is 18.2. The van der Waals surface area contributed by atoms with Gasteiger partial charge in [0.15, 0.2) is 4.34 Å². The summed E-state index contributed by atoms with van der Waals surface area (Å²) in [4.78, 5) is 12.4. The van der Waals surface area contributed by atoms with Crippen LogP contribution in [-0.2, 0) is 17.9 Å². The zero-order valence-corrected chi connectivity index (χ0v) is 19.8. The molecule has 2 heterocycles. The van der Waals surface area contributed by atoms with Gasteiger partial charge in [0, 0.05) is 23.5 Å². The van der Waals surface area contributed by atoms with Gasteiger partial charge in [0.2, 0.25) is 11.0 Å². The van der Waals surface area contributed by atoms with Crippen LogP contribution >= 0.6 is 23.1 Å². The molecule has 0 aliphatic carbocycles. The SMILES string of the molecule is Cc1nn(Cc2ccccc2)c(C)c1CNC(=O)CSc1nnc(Nc2cccc(F)c2)s1. The Bertz CT molecular complexity index is 1240. The van der Waals surface area contributed by atoms with Crippen molar-refractivity contribution in [2.45, 2.75) is 31.3 Å². The molecule has 4 rings (SSSR count). The lowest BCUT2D eigenvalue weighted by Crippen LogP contribution is -2.25. The highest BCUT2D eigenvalue weighted by atomic mass is 32.2. The maximum Gasteiger partial charge on any atom is 0.230 e. The van der Waals surface area contributed by atoms with Crippen LogP contribution in [0.15, 0.2) is 58.9 Å². The van der Waals surface area contributed by atoms with Gasteiger partial charge in [-0.05, 0) is 37.6 Å². The topological polar surface area (TPSA) is 84.7 Å². The average molecular weight is 483 g/mol. The molecule has 0 saturated heterocycles. The molecule has 33 heavy (non-hydrogen) atoms. The van der Waals surface area contributed by atoms with E-state index in [1.54, 1.807) is 12.1 Å². The predicted octanol–water partition coefficient (Wildman–Crippen LogP) is 4.69. The van der Waals surface area contributed by atoms with Crippen LogP contribution in [0.4, 0.5) is 15.2 Å². The molecule has 0 aliphatic rings. The van der Waals surface area contributed by atoms with Gasteiger partial charge in [-0.2, -0.15) is 5.10 Å². The fraction of sp³-hybridized carbons (Fsp3) is 0.217. The third-order valence-corrected chi connectivity index (χ3v) is 6.95. The van der Waals surface area contributed by atoms with Gasteiger partial charge in [-0.25, -0.2) is 4.39 Å². The molecule has 4 aromatic rings. The van der Waals surface area contributed by atoms with Gasteiger partial charge in [0.25, 0.3) is 0 Å². The first-order valence-electron chi connectivity index (χ1n) is 10.3. The van der Waals surface area contributed by atoms with Crippen LogP contribution in [0.1, 0.15) is 22.5 Å². The number of aromatic nitrogens is 4. The van der Waals surface area contributed by atoms with E-state index in [1.807, 2.05) is 36.7 Å². The molecule has 0 fully saturated rings. The van der Waals surface area contributed by atoms with Crippen molar-refractivity contribution in [3.8, 4) is 0 Å². The summed E-state index contributed by atoms with van der Waals surface area (Å²) >= 11 is 2.62. The Balaban J connectivity index is 1.27. The minimum Gasteiger partial charge on any atom is -0.351 e. The predicted molar refractivity (Wildman–Crippen MR) is 129 cm³/mol. The highest BCUT2D eigenvalue weighted by Gasteiger charge is 2.14. The van der Waals surface area contributed by atoms with E-state index in [0.717, 1.165) is 17.0 Å². The molecule has 0 unspecified atom stereocenters. The number of hydrogen-bond acceptors (Lipinski definition) is 7. The van der Waals surface area contributed by atoms with Gasteiger partial charge in [-0.1, -0.05) is 59.5 Å². The summed E-state index contributed by atoms with van der Waals surface area (Å²) in [5.41, 5.74) is 4.76. The van der Waals surface area contributed by atoms with Crippen molar-refractivity contribution in [3.63, 3.8) is 0 Å². The second-order valence-corrected chi connectivity index (χ2v) is 9.57. The number of carbonyl (C=O) groups is 1. The summed E-state index contributed by atoms with van der Waals surface area (Å²) in [6, 6.07) is 16.3.